The molecule has 0 spiro atoms. The van der Waals surface area contributed by atoms with Crippen molar-refractivity contribution < 1.29 is 18.6 Å². The van der Waals surface area contributed by atoms with Crippen LogP contribution in [0.1, 0.15) is 23.7 Å². The van der Waals surface area contributed by atoms with E-state index in [0.29, 0.717) is 12.4 Å². The summed E-state index contributed by atoms with van der Waals surface area (Å²) in [7, 11) is 0. The lowest BCUT2D eigenvalue weighted by atomic mass is 9.99. The van der Waals surface area contributed by atoms with Crippen LogP contribution in [0.25, 0.3) is 0 Å². The van der Waals surface area contributed by atoms with Crippen LogP contribution in [0, 0.1) is 0 Å². The van der Waals surface area contributed by atoms with E-state index in [4.69, 9.17) is 16.3 Å². The first-order chi connectivity index (χ1) is 7.50. The van der Waals surface area contributed by atoms with E-state index in [1.54, 1.807) is 12.1 Å². The van der Waals surface area contributed by atoms with Gasteiger partial charge in [-0.3, -0.25) is 0 Å². The molecule has 1 aromatic carbocycles. The minimum atomic E-state index is -3.68. The molecule has 88 valence electrons. The lowest BCUT2D eigenvalue weighted by Gasteiger charge is -2.24. The molecule has 0 fully saturated rings. The average Bonchev–Trinajstić information content (AvgIpc) is 2.26. The van der Waals surface area contributed by atoms with E-state index in [0.717, 1.165) is 18.4 Å². The predicted octanol–water partition coefficient (Wildman–Crippen LogP) is 2.88. The largest absolute Gasteiger partial charge is 0.493 e. The maximum atomic E-state index is 12.8. The van der Waals surface area contributed by atoms with Crippen molar-refractivity contribution in [3.8, 4) is 5.75 Å². The number of halogens is 3. The molecule has 1 heterocycles. The molecular weight excluding hydrogens is 238 g/mol. The number of aliphatic hydroxyl groups excluding tert-OH is 1. The normalized spacial score (nSPS) is 17.5. The minimum Gasteiger partial charge on any atom is -0.493 e. The summed E-state index contributed by atoms with van der Waals surface area (Å²) in [5.41, 5.74) is 0.890. The zero-order valence-electron chi connectivity index (χ0n) is 8.42. The molecule has 1 unspecified atom stereocenters. The standard InChI is InChI=1S/C11H11ClF2O2/c12-11(13,14)10(15)8-5-1-3-7-4-2-6-16-9(7)8/h1,3,5,10,15H,2,4,6H2. The monoisotopic (exact) mass is 248 g/mol. The number of fused-ring (bicyclic) bond motifs is 1. The van der Waals surface area contributed by atoms with Gasteiger partial charge in [0.25, 0.3) is 0 Å². The van der Waals surface area contributed by atoms with Gasteiger partial charge in [-0.2, -0.15) is 8.78 Å². The number of benzene rings is 1. The molecule has 2 rings (SSSR count). The minimum absolute atomic E-state index is 0.0530. The molecule has 5 heteroatoms. The first-order valence-corrected chi connectivity index (χ1v) is 5.37. The Morgan fingerprint density at radius 2 is 2.19 bits per heavy atom. The SMILES string of the molecule is OC(c1cccc2c1OCCC2)C(F)(F)Cl. The highest BCUT2D eigenvalue weighted by Crippen LogP contribution is 2.41. The Kier molecular flexibility index (Phi) is 3.04. The molecule has 0 saturated heterocycles. The van der Waals surface area contributed by atoms with Crippen LogP contribution in [0.15, 0.2) is 18.2 Å². The van der Waals surface area contributed by atoms with Gasteiger partial charge < -0.3 is 9.84 Å². The van der Waals surface area contributed by atoms with E-state index in [2.05, 4.69) is 0 Å². The number of rotatable bonds is 2. The van der Waals surface area contributed by atoms with Crippen molar-refractivity contribution >= 4 is 11.6 Å². The van der Waals surface area contributed by atoms with Gasteiger partial charge in [0, 0.05) is 5.56 Å². The highest BCUT2D eigenvalue weighted by atomic mass is 35.5. The van der Waals surface area contributed by atoms with E-state index in [-0.39, 0.29) is 5.56 Å². The van der Waals surface area contributed by atoms with E-state index in [1.165, 1.54) is 6.07 Å². The number of ether oxygens (including phenoxy) is 1. The highest BCUT2D eigenvalue weighted by Gasteiger charge is 2.39. The van der Waals surface area contributed by atoms with Gasteiger partial charge in [-0.1, -0.05) is 18.2 Å². The van der Waals surface area contributed by atoms with Crippen LogP contribution < -0.4 is 4.74 Å². The van der Waals surface area contributed by atoms with Gasteiger partial charge >= 0.3 is 5.38 Å². The lowest BCUT2D eigenvalue weighted by Crippen LogP contribution is -2.21. The number of alkyl halides is 3. The molecule has 1 aliphatic rings. The second-order valence-electron chi connectivity index (χ2n) is 3.73. The van der Waals surface area contributed by atoms with Crippen LogP contribution in [-0.4, -0.2) is 17.1 Å². The Morgan fingerprint density at radius 1 is 1.44 bits per heavy atom. The van der Waals surface area contributed by atoms with Crippen LogP contribution in [0.3, 0.4) is 0 Å². The fourth-order valence-corrected chi connectivity index (χ4v) is 1.92. The van der Waals surface area contributed by atoms with Crippen molar-refractivity contribution in [2.45, 2.75) is 24.3 Å². The van der Waals surface area contributed by atoms with E-state index >= 15 is 0 Å². The van der Waals surface area contributed by atoms with Crippen LogP contribution >= 0.6 is 11.6 Å². The van der Waals surface area contributed by atoms with Crippen molar-refractivity contribution in [2.24, 2.45) is 0 Å². The topological polar surface area (TPSA) is 29.5 Å². The Balaban J connectivity index is 2.41. The highest BCUT2D eigenvalue weighted by molar-refractivity contribution is 6.22. The fraction of sp³-hybridized carbons (Fsp3) is 0.455. The summed E-state index contributed by atoms with van der Waals surface area (Å²) in [6.45, 7) is 0.477. The molecule has 0 aliphatic carbocycles. The van der Waals surface area contributed by atoms with Gasteiger partial charge in [0.15, 0.2) is 6.10 Å². The Morgan fingerprint density at radius 3 is 2.88 bits per heavy atom. The van der Waals surface area contributed by atoms with Crippen LogP contribution in [0.5, 0.6) is 5.75 Å². The summed E-state index contributed by atoms with van der Waals surface area (Å²) < 4.78 is 31.0. The molecule has 0 saturated carbocycles. The third-order valence-corrected chi connectivity index (χ3v) is 2.78. The number of para-hydroxylation sites is 1. The second kappa shape index (κ2) is 4.18. The van der Waals surface area contributed by atoms with Crippen LogP contribution in [-0.2, 0) is 6.42 Å². The first kappa shape index (κ1) is 11.6. The average molecular weight is 249 g/mol. The molecule has 1 aromatic rings. The first-order valence-electron chi connectivity index (χ1n) is 4.99. The zero-order valence-corrected chi connectivity index (χ0v) is 9.18. The summed E-state index contributed by atoms with van der Waals surface area (Å²) in [5, 5.41) is 5.77. The quantitative estimate of drug-likeness (QED) is 0.816. The van der Waals surface area contributed by atoms with Gasteiger partial charge in [-0.05, 0) is 30.0 Å². The van der Waals surface area contributed by atoms with Crippen molar-refractivity contribution in [3.05, 3.63) is 29.3 Å². The molecule has 0 amide bonds. The molecular formula is C11H11ClF2O2. The van der Waals surface area contributed by atoms with Crippen LogP contribution in [0.4, 0.5) is 8.78 Å². The molecule has 2 nitrogen and oxygen atoms in total. The van der Waals surface area contributed by atoms with E-state index < -0.39 is 11.5 Å². The summed E-state index contributed by atoms with van der Waals surface area (Å²) in [6.07, 6.45) is -0.421. The van der Waals surface area contributed by atoms with Gasteiger partial charge in [0.1, 0.15) is 5.75 Å². The Labute approximate surface area is 96.8 Å². The molecule has 1 aliphatic heterocycles. The van der Waals surface area contributed by atoms with Crippen molar-refractivity contribution in [2.75, 3.05) is 6.61 Å². The predicted molar refractivity (Wildman–Crippen MR) is 56.0 cm³/mol. The van der Waals surface area contributed by atoms with Gasteiger partial charge in [-0.25, -0.2) is 0 Å². The van der Waals surface area contributed by atoms with Crippen molar-refractivity contribution in [1.29, 1.82) is 0 Å². The number of aliphatic hydroxyl groups is 1. The second-order valence-corrected chi connectivity index (χ2v) is 4.24. The maximum absolute atomic E-state index is 12.8. The Bertz CT molecular complexity index is 390. The van der Waals surface area contributed by atoms with Gasteiger partial charge in [0.2, 0.25) is 0 Å². The Hall–Kier alpha value is -0.870. The number of hydrogen-bond acceptors (Lipinski definition) is 2. The summed E-state index contributed by atoms with van der Waals surface area (Å²) >= 11 is 4.82. The fourth-order valence-electron chi connectivity index (χ4n) is 1.81. The summed E-state index contributed by atoms with van der Waals surface area (Å²) in [5.74, 6) is 0.349. The molecule has 1 atom stereocenters. The van der Waals surface area contributed by atoms with Crippen LogP contribution in [0.2, 0.25) is 0 Å². The number of aryl methyl sites for hydroxylation is 1. The van der Waals surface area contributed by atoms with Crippen molar-refractivity contribution in [3.63, 3.8) is 0 Å². The van der Waals surface area contributed by atoms with E-state index in [1.807, 2.05) is 0 Å². The molecule has 16 heavy (non-hydrogen) atoms. The lowest BCUT2D eigenvalue weighted by molar-refractivity contribution is -0.0438. The summed E-state index contributed by atoms with van der Waals surface area (Å²) in [4.78, 5) is 0. The molecule has 1 N–H and O–H groups in total. The molecule has 0 radical (unpaired) electrons. The van der Waals surface area contributed by atoms with Gasteiger partial charge in [0.05, 0.1) is 6.61 Å². The molecule has 0 bridgehead atoms. The third-order valence-electron chi connectivity index (χ3n) is 2.57. The van der Waals surface area contributed by atoms with E-state index in [9.17, 15) is 13.9 Å². The van der Waals surface area contributed by atoms with Gasteiger partial charge in [-0.15, -0.1) is 0 Å². The summed E-state index contributed by atoms with van der Waals surface area (Å²) in [6, 6.07) is 4.83. The molecule has 0 aromatic heterocycles. The number of hydrogen-bond donors (Lipinski definition) is 1. The zero-order chi connectivity index (χ0) is 11.8. The smallest absolute Gasteiger partial charge is 0.351 e. The maximum Gasteiger partial charge on any atom is 0.351 e. The van der Waals surface area contributed by atoms with Crippen molar-refractivity contribution in [1.82, 2.24) is 0 Å². The third kappa shape index (κ3) is 2.13.